The molecule has 0 aromatic heterocycles. The monoisotopic (exact) mass is 179 g/mol. The molecule has 1 aliphatic carbocycles. The van der Waals surface area contributed by atoms with Gasteiger partial charge in [0.05, 0.1) is 0 Å². The van der Waals surface area contributed by atoms with Crippen LogP contribution < -0.4 is 5.32 Å². The number of unbranched alkanes of at least 4 members (excludes halogenated alkanes) is 1. The van der Waals surface area contributed by atoms with Gasteiger partial charge in [-0.3, -0.25) is 0 Å². The van der Waals surface area contributed by atoms with E-state index in [1.165, 1.54) is 32.2 Å². The molecule has 1 fully saturated rings. The summed E-state index contributed by atoms with van der Waals surface area (Å²) in [7, 11) is 0. The molecule has 1 rings (SSSR count). The smallest absolute Gasteiger partial charge is 0.00886 e. The summed E-state index contributed by atoms with van der Waals surface area (Å²) in [5.41, 5.74) is 0. The summed E-state index contributed by atoms with van der Waals surface area (Å²) < 4.78 is 0. The van der Waals surface area contributed by atoms with Gasteiger partial charge in [-0.25, -0.2) is 0 Å². The average Bonchev–Trinajstić information content (AvgIpc) is 2.92. The first-order chi connectivity index (χ1) is 6.33. The van der Waals surface area contributed by atoms with Crippen molar-refractivity contribution in [2.75, 3.05) is 6.54 Å². The van der Waals surface area contributed by atoms with Gasteiger partial charge < -0.3 is 5.32 Å². The van der Waals surface area contributed by atoms with E-state index in [2.05, 4.69) is 24.1 Å². The van der Waals surface area contributed by atoms with E-state index in [-0.39, 0.29) is 0 Å². The summed E-state index contributed by atoms with van der Waals surface area (Å²) >= 11 is 0. The summed E-state index contributed by atoms with van der Waals surface area (Å²) in [5, 5.41) is 3.56. The largest absolute Gasteiger partial charge is 0.314 e. The van der Waals surface area contributed by atoms with Crippen molar-refractivity contribution in [1.29, 1.82) is 0 Å². The van der Waals surface area contributed by atoms with Crippen LogP contribution in [0, 0.1) is 17.8 Å². The van der Waals surface area contributed by atoms with Crippen LogP contribution in [-0.2, 0) is 0 Å². The van der Waals surface area contributed by atoms with Gasteiger partial charge in [-0.2, -0.15) is 0 Å². The molecule has 0 amide bonds. The molecule has 1 aliphatic rings. The Morgan fingerprint density at radius 2 is 2.23 bits per heavy atom. The third-order valence-electron chi connectivity index (χ3n) is 2.51. The van der Waals surface area contributed by atoms with E-state index in [0.29, 0.717) is 0 Å². The molecule has 1 saturated carbocycles. The van der Waals surface area contributed by atoms with Gasteiger partial charge in [0.25, 0.3) is 0 Å². The molecule has 1 N–H and O–H groups in total. The fraction of sp³-hybridized carbons (Fsp3) is 0.833. The molecular weight excluding hydrogens is 158 g/mol. The van der Waals surface area contributed by atoms with Crippen molar-refractivity contribution in [3.8, 4) is 11.8 Å². The summed E-state index contributed by atoms with van der Waals surface area (Å²) in [6.07, 6.45) is 6.44. The predicted octanol–water partition coefficient (Wildman–Crippen LogP) is 2.57. The van der Waals surface area contributed by atoms with Gasteiger partial charge in [0.2, 0.25) is 0 Å². The Hall–Kier alpha value is -0.480. The van der Waals surface area contributed by atoms with Crippen molar-refractivity contribution in [2.45, 2.75) is 52.0 Å². The highest BCUT2D eigenvalue weighted by Gasteiger charge is 2.20. The standard InChI is InChI=1S/C12H21N/c1-3-4-5-6-7-11(2)10-13-12-8-9-12/h11-13H,5-10H2,1-2H3. The first-order valence-corrected chi connectivity index (χ1v) is 5.46. The summed E-state index contributed by atoms with van der Waals surface area (Å²) in [6, 6.07) is 0.859. The molecular formula is C12H21N. The van der Waals surface area contributed by atoms with E-state index in [4.69, 9.17) is 0 Å². The maximum Gasteiger partial charge on any atom is 0.00886 e. The van der Waals surface area contributed by atoms with Crippen LogP contribution in [0.3, 0.4) is 0 Å². The average molecular weight is 179 g/mol. The van der Waals surface area contributed by atoms with Crippen molar-refractivity contribution in [2.24, 2.45) is 5.92 Å². The minimum atomic E-state index is 0.819. The molecule has 74 valence electrons. The lowest BCUT2D eigenvalue weighted by atomic mass is 10.0. The van der Waals surface area contributed by atoms with Crippen LogP contribution in [0.15, 0.2) is 0 Å². The molecule has 1 atom stereocenters. The lowest BCUT2D eigenvalue weighted by molar-refractivity contribution is 0.468. The summed E-state index contributed by atoms with van der Waals surface area (Å²) in [5.74, 6) is 6.87. The van der Waals surface area contributed by atoms with Crippen LogP contribution in [0.4, 0.5) is 0 Å². The first kappa shape index (κ1) is 10.6. The SMILES string of the molecule is CC#CCCCC(C)CNC1CC1. The quantitative estimate of drug-likeness (QED) is 0.488. The molecule has 0 radical (unpaired) electrons. The highest BCUT2D eigenvalue weighted by Crippen LogP contribution is 2.19. The first-order valence-electron chi connectivity index (χ1n) is 5.46. The van der Waals surface area contributed by atoms with Gasteiger partial charge in [0.1, 0.15) is 0 Å². The second-order valence-electron chi connectivity index (χ2n) is 4.11. The minimum absolute atomic E-state index is 0.819. The van der Waals surface area contributed by atoms with Crippen molar-refractivity contribution >= 4 is 0 Å². The molecule has 0 heterocycles. The Labute approximate surface area is 82.3 Å². The molecule has 1 unspecified atom stereocenters. The van der Waals surface area contributed by atoms with E-state index < -0.39 is 0 Å². The van der Waals surface area contributed by atoms with E-state index in [0.717, 1.165) is 18.4 Å². The fourth-order valence-electron chi connectivity index (χ4n) is 1.42. The van der Waals surface area contributed by atoms with Crippen molar-refractivity contribution in [3.63, 3.8) is 0 Å². The number of hydrogen-bond donors (Lipinski definition) is 1. The Kier molecular flexibility index (Phi) is 4.93. The Morgan fingerprint density at radius 3 is 2.85 bits per heavy atom. The number of nitrogens with one attached hydrogen (secondary N) is 1. The second kappa shape index (κ2) is 6.05. The molecule has 13 heavy (non-hydrogen) atoms. The highest BCUT2D eigenvalue weighted by molar-refractivity contribution is 4.94. The second-order valence-corrected chi connectivity index (χ2v) is 4.11. The highest BCUT2D eigenvalue weighted by atomic mass is 14.9. The maximum atomic E-state index is 3.56. The Morgan fingerprint density at radius 1 is 1.46 bits per heavy atom. The number of hydrogen-bond acceptors (Lipinski definition) is 1. The molecule has 0 saturated heterocycles. The van der Waals surface area contributed by atoms with Crippen LogP contribution >= 0.6 is 0 Å². The number of rotatable bonds is 6. The van der Waals surface area contributed by atoms with E-state index in [9.17, 15) is 0 Å². The predicted molar refractivity (Wildman–Crippen MR) is 57.5 cm³/mol. The van der Waals surface area contributed by atoms with Crippen LogP contribution in [0.5, 0.6) is 0 Å². The third-order valence-corrected chi connectivity index (χ3v) is 2.51. The molecule has 1 heteroatoms. The lowest BCUT2D eigenvalue weighted by Gasteiger charge is -2.10. The maximum absolute atomic E-state index is 3.56. The topological polar surface area (TPSA) is 12.0 Å². The zero-order valence-corrected chi connectivity index (χ0v) is 8.90. The van der Waals surface area contributed by atoms with Gasteiger partial charge >= 0.3 is 0 Å². The summed E-state index contributed by atoms with van der Waals surface area (Å²) in [4.78, 5) is 0. The lowest BCUT2D eigenvalue weighted by Crippen LogP contribution is -2.22. The molecule has 0 bridgehead atoms. The van der Waals surface area contributed by atoms with Crippen molar-refractivity contribution < 1.29 is 0 Å². The van der Waals surface area contributed by atoms with Gasteiger partial charge in [0.15, 0.2) is 0 Å². The molecule has 0 spiro atoms. The Bertz CT molecular complexity index is 183. The minimum Gasteiger partial charge on any atom is -0.314 e. The van der Waals surface area contributed by atoms with Crippen LogP contribution in [0.1, 0.15) is 46.0 Å². The van der Waals surface area contributed by atoms with Crippen LogP contribution in [0.2, 0.25) is 0 Å². The summed E-state index contributed by atoms with van der Waals surface area (Å²) in [6.45, 7) is 5.44. The Balaban J connectivity index is 1.89. The van der Waals surface area contributed by atoms with Crippen LogP contribution in [0.25, 0.3) is 0 Å². The molecule has 0 aromatic rings. The third kappa shape index (κ3) is 5.71. The molecule has 0 aliphatic heterocycles. The van der Waals surface area contributed by atoms with E-state index >= 15 is 0 Å². The van der Waals surface area contributed by atoms with Gasteiger partial charge in [0, 0.05) is 12.5 Å². The molecule has 0 aromatic carbocycles. The van der Waals surface area contributed by atoms with Crippen LogP contribution in [-0.4, -0.2) is 12.6 Å². The van der Waals surface area contributed by atoms with Gasteiger partial charge in [-0.15, -0.1) is 11.8 Å². The van der Waals surface area contributed by atoms with Crippen molar-refractivity contribution in [3.05, 3.63) is 0 Å². The normalized spacial score (nSPS) is 17.7. The van der Waals surface area contributed by atoms with Gasteiger partial charge in [-0.05, 0) is 45.1 Å². The fourth-order valence-corrected chi connectivity index (χ4v) is 1.42. The van der Waals surface area contributed by atoms with E-state index in [1.54, 1.807) is 0 Å². The zero-order valence-electron chi connectivity index (χ0n) is 8.90. The van der Waals surface area contributed by atoms with E-state index in [1.807, 2.05) is 6.92 Å². The van der Waals surface area contributed by atoms with Crippen molar-refractivity contribution in [1.82, 2.24) is 5.32 Å². The van der Waals surface area contributed by atoms with Gasteiger partial charge in [-0.1, -0.05) is 6.92 Å². The zero-order chi connectivity index (χ0) is 9.52. The molecule has 1 nitrogen and oxygen atoms in total.